The zero-order valence-corrected chi connectivity index (χ0v) is 52.7. The predicted octanol–water partition coefficient (Wildman–Crippen LogP) is 18.2. The molecule has 0 aromatic rings. The minimum Gasteiger partial charge on any atom is -0.479 e. The van der Waals surface area contributed by atoms with Crippen molar-refractivity contribution in [3.63, 3.8) is 0 Å². The first kappa shape index (κ1) is 76.9. The summed E-state index contributed by atoms with van der Waals surface area (Å²) in [5.74, 6) is -3.15. The van der Waals surface area contributed by atoms with E-state index in [1.54, 1.807) is 0 Å². The molecule has 0 aliphatic carbocycles. The van der Waals surface area contributed by atoms with E-state index in [9.17, 15) is 34.5 Å². The number of hydrogen-bond donors (Lipinski definition) is 3. The number of carbonyl (C=O) groups is 4. The summed E-state index contributed by atoms with van der Waals surface area (Å²) in [4.78, 5) is 51.4. The van der Waals surface area contributed by atoms with Crippen LogP contribution >= 0.6 is 0 Å². The van der Waals surface area contributed by atoms with Crippen molar-refractivity contribution in [2.24, 2.45) is 0 Å². The van der Waals surface area contributed by atoms with Gasteiger partial charge in [-0.3, -0.25) is 14.4 Å². The van der Waals surface area contributed by atoms with Crippen LogP contribution in [-0.2, 0) is 42.9 Å². The van der Waals surface area contributed by atoms with Crippen LogP contribution in [0.15, 0.2) is 85.1 Å². The Morgan fingerprint density at radius 2 is 0.759 bits per heavy atom. The topological polar surface area (TPSA) is 175 Å². The summed E-state index contributed by atoms with van der Waals surface area (Å²) in [6, 6.07) is 0. The Kier molecular flexibility index (Phi) is 54.0. The van der Waals surface area contributed by atoms with Crippen molar-refractivity contribution >= 4 is 23.9 Å². The first-order valence-corrected chi connectivity index (χ1v) is 33.6. The van der Waals surface area contributed by atoms with Gasteiger partial charge in [-0.1, -0.05) is 266 Å². The second-order valence-corrected chi connectivity index (χ2v) is 22.7. The Labute approximate surface area is 505 Å². The number of allylic oxidation sites excluding steroid dienone is 14. The molecule has 12 heteroatoms. The van der Waals surface area contributed by atoms with Crippen molar-refractivity contribution in [1.82, 2.24) is 0 Å². The lowest BCUT2D eigenvalue weighted by Crippen LogP contribution is -2.61. The predicted molar refractivity (Wildman–Crippen MR) is 340 cm³/mol. The molecule has 0 radical (unpaired) electrons. The standard InChI is InChI=1S/C71H120O12/c1-4-7-10-13-16-19-22-25-28-31-32-35-38-41-44-47-50-53-56-59-65(74)82-69-67(76)66(75)68(70(77)78)83-71(69)80-61-62(81-64(73)58-55-52-49-46-43-40-37-34-30-27-24-21-18-15-12-9-6-3)60-79-63(72)57-54-51-48-45-42-39-36-33-29-26-23-20-17-14-11-8-5-2/h8-9,11-12,17-18,20-21,26-27,29-30,36,39,62,66-69,71,75-76H,4-7,10,13-16,19,22-25,28,31-35,37-38,40-61H2,1-3H3,(H,77,78)/b11-8-,12-9-,20-17-,21-18-,29-26-,30-27-,39-36-. The monoisotopic (exact) mass is 1160 g/mol. The zero-order valence-electron chi connectivity index (χ0n) is 52.7. The maximum Gasteiger partial charge on any atom is 0.335 e. The molecule has 0 aromatic carbocycles. The van der Waals surface area contributed by atoms with Gasteiger partial charge < -0.3 is 39.0 Å². The molecule has 0 amide bonds. The fourth-order valence-corrected chi connectivity index (χ4v) is 9.90. The number of carboxylic acid groups (broad SMARTS) is 1. The van der Waals surface area contributed by atoms with E-state index in [1.165, 1.54) is 89.9 Å². The number of ether oxygens (including phenoxy) is 5. The third-order valence-corrected chi connectivity index (χ3v) is 15.0. The molecule has 83 heavy (non-hydrogen) atoms. The highest BCUT2D eigenvalue weighted by molar-refractivity contribution is 5.74. The number of aliphatic carboxylic acids is 1. The van der Waals surface area contributed by atoms with E-state index in [4.69, 9.17) is 23.7 Å². The van der Waals surface area contributed by atoms with E-state index in [1.807, 2.05) is 0 Å². The fraction of sp³-hybridized carbons (Fsp3) is 0.746. The number of aliphatic hydroxyl groups is 2. The quantitative estimate of drug-likeness (QED) is 0.0228. The van der Waals surface area contributed by atoms with Gasteiger partial charge in [0, 0.05) is 19.3 Å². The van der Waals surface area contributed by atoms with E-state index >= 15 is 0 Å². The third kappa shape index (κ3) is 47.8. The Morgan fingerprint density at radius 1 is 0.410 bits per heavy atom. The minimum absolute atomic E-state index is 0.0580. The number of hydrogen-bond acceptors (Lipinski definition) is 11. The van der Waals surface area contributed by atoms with Crippen LogP contribution in [0.25, 0.3) is 0 Å². The van der Waals surface area contributed by atoms with Crippen LogP contribution in [0.2, 0.25) is 0 Å². The number of rotatable bonds is 57. The summed E-state index contributed by atoms with van der Waals surface area (Å²) in [6.07, 6.45) is 63.9. The zero-order chi connectivity index (χ0) is 60.3. The van der Waals surface area contributed by atoms with Gasteiger partial charge in [0.25, 0.3) is 0 Å². The van der Waals surface area contributed by atoms with E-state index in [0.717, 1.165) is 141 Å². The van der Waals surface area contributed by atoms with Gasteiger partial charge in [-0.05, 0) is 89.9 Å². The summed E-state index contributed by atoms with van der Waals surface area (Å²) >= 11 is 0. The average molecular weight is 1170 g/mol. The summed E-state index contributed by atoms with van der Waals surface area (Å²) in [7, 11) is 0. The molecule has 3 N–H and O–H groups in total. The van der Waals surface area contributed by atoms with Crippen molar-refractivity contribution in [3.05, 3.63) is 85.1 Å². The number of unbranched alkanes of at least 4 members (excludes halogenated alkanes) is 29. The lowest BCUT2D eigenvalue weighted by atomic mass is 9.98. The lowest BCUT2D eigenvalue weighted by Gasteiger charge is -2.40. The highest BCUT2D eigenvalue weighted by Crippen LogP contribution is 2.27. The number of aliphatic hydroxyl groups excluding tert-OH is 2. The Morgan fingerprint density at radius 3 is 1.16 bits per heavy atom. The van der Waals surface area contributed by atoms with Gasteiger partial charge in [0.15, 0.2) is 24.6 Å². The van der Waals surface area contributed by atoms with Gasteiger partial charge in [-0.2, -0.15) is 0 Å². The van der Waals surface area contributed by atoms with Crippen LogP contribution in [0, 0.1) is 0 Å². The van der Waals surface area contributed by atoms with Crippen LogP contribution < -0.4 is 0 Å². The molecule has 1 aliphatic heterocycles. The summed E-state index contributed by atoms with van der Waals surface area (Å²) in [6.45, 7) is 5.78. The first-order valence-electron chi connectivity index (χ1n) is 33.6. The molecule has 476 valence electrons. The fourth-order valence-electron chi connectivity index (χ4n) is 9.90. The lowest BCUT2D eigenvalue weighted by molar-refractivity contribution is -0.301. The largest absolute Gasteiger partial charge is 0.479 e. The summed E-state index contributed by atoms with van der Waals surface area (Å²) < 4.78 is 28.6. The van der Waals surface area contributed by atoms with Gasteiger partial charge in [-0.15, -0.1) is 0 Å². The van der Waals surface area contributed by atoms with Gasteiger partial charge in [0.05, 0.1) is 6.61 Å². The summed E-state index contributed by atoms with van der Waals surface area (Å²) in [5, 5.41) is 31.6. The van der Waals surface area contributed by atoms with E-state index in [-0.39, 0.29) is 25.9 Å². The normalized spacial score (nSPS) is 18.1. The maximum atomic E-state index is 13.2. The third-order valence-electron chi connectivity index (χ3n) is 15.0. The Hall–Kier alpha value is -4.10. The second kappa shape index (κ2) is 58.3. The van der Waals surface area contributed by atoms with Crippen molar-refractivity contribution in [2.75, 3.05) is 13.2 Å². The van der Waals surface area contributed by atoms with Crippen LogP contribution in [-0.4, -0.2) is 89.2 Å². The molecule has 0 saturated carbocycles. The van der Waals surface area contributed by atoms with E-state index in [2.05, 4.69) is 106 Å². The number of carboxylic acids is 1. The first-order chi connectivity index (χ1) is 40.6. The van der Waals surface area contributed by atoms with Gasteiger partial charge in [0.1, 0.15) is 18.8 Å². The van der Waals surface area contributed by atoms with Gasteiger partial charge in [-0.25, -0.2) is 4.79 Å². The van der Waals surface area contributed by atoms with Gasteiger partial charge >= 0.3 is 23.9 Å². The molecule has 0 aromatic heterocycles. The average Bonchev–Trinajstić information content (AvgIpc) is 3.58. The molecular weight excluding hydrogens is 1040 g/mol. The molecule has 6 atom stereocenters. The van der Waals surface area contributed by atoms with Crippen LogP contribution in [0.3, 0.4) is 0 Å². The summed E-state index contributed by atoms with van der Waals surface area (Å²) in [5.41, 5.74) is 0. The molecular formula is C71H120O12. The molecule has 1 rings (SSSR count). The smallest absolute Gasteiger partial charge is 0.335 e. The molecule has 6 unspecified atom stereocenters. The highest BCUT2D eigenvalue weighted by atomic mass is 16.7. The van der Waals surface area contributed by atoms with Crippen LogP contribution in [0.1, 0.15) is 290 Å². The van der Waals surface area contributed by atoms with Gasteiger partial charge in [0.2, 0.25) is 0 Å². The van der Waals surface area contributed by atoms with Crippen molar-refractivity contribution in [2.45, 2.75) is 327 Å². The van der Waals surface area contributed by atoms with Crippen LogP contribution in [0.5, 0.6) is 0 Å². The molecule has 1 saturated heterocycles. The molecule has 0 bridgehead atoms. The molecule has 1 aliphatic rings. The molecule has 0 spiro atoms. The Balaban J connectivity index is 2.66. The molecule has 1 fully saturated rings. The van der Waals surface area contributed by atoms with Crippen molar-refractivity contribution < 1.29 is 58.2 Å². The Bertz CT molecular complexity index is 1760. The number of esters is 3. The van der Waals surface area contributed by atoms with E-state index < -0.39 is 67.3 Å². The molecule has 12 nitrogen and oxygen atoms in total. The van der Waals surface area contributed by atoms with Crippen LogP contribution in [0.4, 0.5) is 0 Å². The maximum absolute atomic E-state index is 13.2. The highest BCUT2D eigenvalue weighted by Gasteiger charge is 2.50. The van der Waals surface area contributed by atoms with Crippen molar-refractivity contribution in [1.29, 1.82) is 0 Å². The number of carbonyl (C=O) groups excluding carboxylic acids is 3. The second-order valence-electron chi connectivity index (χ2n) is 22.7. The molecule has 1 heterocycles. The minimum atomic E-state index is -1.91. The van der Waals surface area contributed by atoms with E-state index in [0.29, 0.717) is 19.3 Å². The van der Waals surface area contributed by atoms with Crippen molar-refractivity contribution in [3.8, 4) is 0 Å². The SMILES string of the molecule is CC/C=C\C/C=C\C/C=C\C/C=C\CCCCCCC(=O)OCC(COC1OC(C(=O)O)C(O)C(O)C1OC(=O)CCCCCCCCCCCCCCCCCCCCC)OC(=O)CCCCCCCCC/C=C\C/C=C\C/C=C\CC.